The molecule has 21 heavy (non-hydrogen) atoms. The van der Waals surface area contributed by atoms with E-state index in [9.17, 15) is 0 Å². The second-order valence-electron chi connectivity index (χ2n) is 4.68. The Morgan fingerprint density at radius 3 is 2.86 bits per heavy atom. The summed E-state index contributed by atoms with van der Waals surface area (Å²) in [4.78, 5) is 4.46. The third-order valence-electron chi connectivity index (χ3n) is 3.12. The second kappa shape index (κ2) is 8.77. The first-order valence-electron chi connectivity index (χ1n) is 7.19. The number of thiazole rings is 1. The highest BCUT2D eigenvalue weighted by Crippen LogP contribution is 2.29. The van der Waals surface area contributed by atoms with Gasteiger partial charge in [0.2, 0.25) is 0 Å². The van der Waals surface area contributed by atoms with Crippen molar-refractivity contribution in [2.45, 2.75) is 19.4 Å². The first-order chi connectivity index (χ1) is 10.4. The number of nitrogens with zero attached hydrogens (tertiary/aromatic N) is 1. The molecule has 2 rings (SSSR count). The summed E-state index contributed by atoms with van der Waals surface area (Å²) in [5, 5.41) is 5.63. The maximum absolute atomic E-state index is 5.85. The van der Waals surface area contributed by atoms with Crippen LogP contribution in [0.4, 0.5) is 0 Å². The first kappa shape index (κ1) is 15.9. The predicted octanol–water partition coefficient (Wildman–Crippen LogP) is 3.26. The van der Waals surface area contributed by atoms with Gasteiger partial charge in [0.15, 0.2) is 0 Å². The van der Waals surface area contributed by atoms with Gasteiger partial charge < -0.3 is 14.8 Å². The summed E-state index contributed by atoms with van der Waals surface area (Å²) in [6, 6.07) is 8.18. The summed E-state index contributed by atoms with van der Waals surface area (Å²) < 4.78 is 10.9. The zero-order chi connectivity index (χ0) is 14.9. The standard InChI is InChI=1S/C16H22N2O2S/c1-3-8-17-16(14-11-21-12-18-14)13-6-4-5-7-15(13)20-10-9-19-2/h4-7,11-12,16-17H,3,8-10H2,1-2H3. The van der Waals surface area contributed by atoms with E-state index in [1.54, 1.807) is 18.4 Å². The van der Waals surface area contributed by atoms with Crippen LogP contribution in [0.25, 0.3) is 0 Å². The van der Waals surface area contributed by atoms with Crippen LogP contribution < -0.4 is 10.1 Å². The Morgan fingerprint density at radius 2 is 2.14 bits per heavy atom. The summed E-state index contributed by atoms with van der Waals surface area (Å²) in [6.07, 6.45) is 1.08. The summed E-state index contributed by atoms with van der Waals surface area (Å²) in [7, 11) is 1.68. The summed E-state index contributed by atoms with van der Waals surface area (Å²) >= 11 is 1.61. The zero-order valence-corrected chi connectivity index (χ0v) is 13.4. The van der Waals surface area contributed by atoms with E-state index in [-0.39, 0.29) is 6.04 Å². The number of hydrogen-bond donors (Lipinski definition) is 1. The van der Waals surface area contributed by atoms with Crippen molar-refractivity contribution in [1.29, 1.82) is 0 Å². The lowest BCUT2D eigenvalue weighted by atomic mass is 10.0. The maximum Gasteiger partial charge on any atom is 0.124 e. The number of hydrogen-bond acceptors (Lipinski definition) is 5. The third-order valence-corrected chi connectivity index (χ3v) is 3.73. The van der Waals surface area contributed by atoms with Gasteiger partial charge in [-0.05, 0) is 19.0 Å². The number of para-hydroxylation sites is 1. The van der Waals surface area contributed by atoms with Gasteiger partial charge in [-0.1, -0.05) is 25.1 Å². The highest BCUT2D eigenvalue weighted by atomic mass is 32.1. The lowest BCUT2D eigenvalue weighted by Gasteiger charge is -2.20. The average molecular weight is 306 g/mol. The van der Waals surface area contributed by atoms with Crippen molar-refractivity contribution < 1.29 is 9.47 Å². The molecule has 5 heteroatoms. The molecule has 0 amide bonds. The molecule has 1 N–H and O–H groups in total. The Labute approximate surface area is 130 Å². The van der Waals surface area contributed by atoms with Gasteiger partial charge in [-0.3, -0.25) is 0 Å². The Balaban J connectivity index is 2.22. The molecule has 0 radical (unpaired) electrons. The van der Waals surface area contributed by atoms with Crippen molar-refractivity contribution in [3.05, 3.63) is 46.4 Å². The van der Waals surface area contributed by atoms with Crippen LogP contribution in [-0.4, -0.2) is 31.9 Å². The van der Waals surface area contributed by atoms with Crippen molar-refractivity contribution in [3.8, 4) is 5.75 Å². The molecule has 0 aliphatic heterocycles. The molecule has 0 saturated heterocycles. The SMILES string of the molecule is CCCNC(c1cscn1)c1ccccc1OCCOC. The largest absolute Gasteiger partial charge is 0.491 e. The van der Waals surface area contributed by atoms with Gasteiger partial charge in [-0.2, -0.15) is 0 Å². The van der Waals surface area contributed by atoms with E-state index < -0.39 is 0 Å². The highest BCUT2D eigenvalue weighted by Gasteiger charge is 2.19. The summed E-state index contributed by atoms with van der Waals surface area (Å²) in [5.41, 5.74) is 4.02. The quantitative estimate of drug-likeness (QED) is 0.722. The van der Waals surface area contributed by atoms with Crippen LogP contribution in [0, 0.1) is 0 Å². The monoisotopic (exact) mass is 306 g/mol. The summed E-state index contributed by atoms with van der Waals surface area (Å²) in [6.45, 7) is 4.23. The Kier molecular flexibility index (Phi) is 6.66. The van der Waals surface area contributed by atoms with E-state index in [1.807, 2.05) is 23.7 Å². The topological polar surface area (TPSA) is 43.4 Å². The molecule has 0 spiro atoms. The van der Waals surface area contributed by atoms with E-state index in [0.29, 0.717) is 13.2 Å². The summed E-state index contributed by atoms with van der Waals surface area (Å²) in [5.74, 6) is 0.885. The molecule has 0 fully saturated rings. The third kappa shape index (κ3) is 4.52. The molecule has 1 aromatic heterocycles. The van der Waals surface area contributed by atoms with E-state index in [4.69, 9.17) is 9.47 Å². The highest BCUT2D eigenvalue weighted by molar-refractivity contribution is 7.07. The van der Waals surface area contributed by atoms with Gasteiger partial charge in [-0.15, -0.1) is 11.3 Å². The smallest absolute Gasteiger partial charge is 0.124 e. The number of benzene rings is 1. The molecule has 0 aliphatic carbocycles. The van der Waals surface area contributed by atoms with E-state index >= 15 is 0 Å². The van der Waals surface area contributed by atoms with Crippen LogP contribution in [-0.2, 0) is 4.74 Å². The molecular formula is C16H22N2O2S. The molecule has 0 saturated carbocycles. The fourth-order valence-corrected chi connectivity index (χ4v) is 2.69. The van der Waals surface area contributed by atoms with Crippen molar-refractivity contribution in [2.75, 3.05) is 26.9 Å². The molecule has 1 atom stereocenters. The minimum Gasteiger partial charge on any atom is -0.491 e. The fourth-order valence-electron chi connectivity index (χ4n) is 2.11. The van der Waals surface area contributed by atoms with E-state index in [2.05, 4.69) is 28.7 Å². The second-order valence-corrected chi connectivity index (χ2v) is 5.40. The Hall–Kier alpha value is -1.43. The molecule has 1 unspecified atom stereocenters. The van der Waals surface area contributed by atoms with Crippen molar-refractivity contribution in [3.63, 3.8) is 0 Å². The van der Waals surface area contributed by atoms with Crippen LogP contribution in [0.2, 0.25) is 0 Å². The minimum absolute atomic E-state index is 0.0648. The zero-order valence-electron chi connectivity index (χ0n) is 12.5. The van der Waals surface area contributed by atoms with Crippen LogP contribution in [0.3, 0.4) is 0 Å². The van der Waals surface area contributed by atoms with Gasteiger partial charge in [-0.25, -0.2) is 4.98 Å². The molecule has 1 aromatic carbocycles. The van der Waals surface area contributed by atoms with Gasteiger partial charge >= 0.3 is 0 Å². The normalized spacial score (nSPS) is 12.3. The van der Waals surface area contributed by atoms with Crippen molar-refractivity contribution in [1.82, 2.24) is 10.3 Å². The number of rotatable bonds is 9. The molecule has 4 nitrogen and oxygen atoms in total. The number of ether oxygens (including phenoxy) is 2. The lowest BCUT2D eigenvalue weighted by molar-refractivity contribution is 0.145. The molecular weight excluding hydrogens is 284 g/mol. The number of methoxy groups -OCH3 is 1. The molecule has 1 heterocycles. The minimum atomic E-state index is 0.0648. The molecule has 114 valence electrons. The van der Waals surface area contributed by atoms with Gasteiger partial charge in [0.25, 0.3) is 0 Å². The van der Waals surface area contributed by atoms with Crippen LogP contribution in [0.1, 0.15) is 30.6 Å². The first-order valence-corrected chi connectivity index (χ1v) is 8.13. The van der Waals surface area contributed by atoms with Gasteiger partial charge in [0, 0.05) is 18.1 Å². The van der Waals surface area contributed by atoms with Crippen molar-refractivity contribution in [2.24, 2.45) is 0 Å². The molecule has 0 aliphatic rings. The number of aromatic nitrogens is 1. The van der Waals surface area contributed by atoms with E-state index in [1.165, 1.54) is 0 Å². The Bertz CT molecular complexity index is 517. The Morgan fingerprint density at radius 1 is 1.29 bits per heavy atom. The predicted molar refractivity (Wildman–Crippen MR) is 86.1 cm³/mol. The number of nitrogens with one attached hydrogen (secondary N) is 1. The maximum atomic E-state index is 5.85. The van der Waals surface area contributed by atoms with Gasteiger partial charge in [0.1, 0.15) is 12.4 Å². The van der Waals surface area contributed by atoms with Crippen molar-refractivity contribution >= 4 is 11.3 Å². The molecule has 2 aromatic rings. The van der Waals surface area contributed by atoms with Crippen LogP contribution in [0.15, 0.2) is 35.2 Å². The molecule has 0 bridgehead atoms. The van der Waals surface area contributed by atoms with Gasteiger partial charge in [0.05, 0.1) is 23.9 Å². The fraction of sp³-hybridized carbons (Fsp3) is 0.438. The van der Waals surface area contributed by atoms with E-state index in [0.717, 1.165) is 30.0 Å². The lowest BCUT2D eigenvalue weighted by Crippen LogP contribution is -2.24. The van der Waals surface area contributed by atoms with Crippen LogP contribution >= 0.6 is 11.3 Å². The van der Waals surface area contributed by atoms with Crippen LogP contribution in [0.5, 0.6) is 5.75 Å². The average Bonchev–Trinajstić information content (AvgIpc) is 3.03.